The molecular weight excluding hydrogens is 1190 g/mol. The van der Waals surface area contributed by atoms with Crippen LogP contribution in [0.5, 0.6) is 11.5 Å². The summed E-state index contributed by atoms with van der Waals surface area (Å²) in [5.41, 5.74) is 18.9. The first kappa shape index (κ1) is 52.7. The van der Waals surface area contributed by atoms with E-state index in [0.29, 0.717) is 11.5 Å². The second-order valence-corrected chi connectivity index (χ2v) is 27.8. The summed E-state index contributed by atoms with van der Waals surface area (Å²) in [5, 5.41) is 7.21. The number of benzene rings is 9. The zero-order chi connectivity index (χ0) is 57.6. The minimum atomic E-state index is -0.234. The summed E-state index contributed by atoms with van der Waals surface area (Å²) in [6.45, 7) is 27.5. The van der Waals surface area contributed by atoms with Crippen LogP contribution >= 0.6 is 0 Å². The van der Waals surface area contributed by atoms with Crippen LogP contribution in [0.15, 0.2) is 188 Å². The van der Waals surface area contributed by atoms with E-state index in [2.05, 4.69) is 315 Å². The van der Waals surface area contributed by atoms with Gasteiger partial charge in [0.15, 0.2) is 0 Å². The second-order valence-electron chi connectivity index (χ2n) is 26.8. The van der Waals surface area contributed by atoms with Crippen molar-refractivity contribution >= 4 is 70.9 Å². The Balaban J connectivity index is 0.970. The Morgan fingerprint density at radius 2 is 0.976 bits per heavy atom. The van der Waals surface area contributed by atoms with E-state index in [1.54, 1.807) is 0 Å². The SMILES string of the molecule is CC(C)(C)c1cc(Oc2[c-]c3c(cc2)c2cc4c5cccc6c7ccccc7n(c4cc2n3-c2cc(C(C)(C)C)ccn2)c65)[c-]c(-n2[c](=[Pt])n(-c3c(-c4ccccc4)cccc3-c3cc(C(C)(C)C)cc(C(C)(C)C)c3)c3ccccc32)c1. The van der Waals surface area contributed by atoms with Crippen molar-refractivity contribution in [3.63, 3.8) is 0 Å². The summed E-state index contributed by atoms with van der Waals surface area (Å²) in [6, 6.07) is 74.7. The van der Waals surface area contributed by atoms with E-state index in [9.17, 15) is 0 Å². The normalized spacial score (nSPS) is 12.9. The van der Waals surface area contributed by atoms with Crippen molar-refractivity contribution in [3.8, 4) is 50.9 Å². The monoisotopic (exact) mass is 1260 g/mol. The van der Waals surface area contributed by atoms with Gasteiger partial charge in [0, 0.05) is 27.7 Å². The molecule has 14 aromatic rings. The fourth-order valence-electron chi connectivity index (χ4n) is 12.5. The first-order chi connectivity index (χ1) is 39.6. The van der Waals surface area contributed by atoms with Crippen molar-refractivity contribution in [1.82, 2.24) is 23.1 Å². The van der Waals surface area contributed by atoms with Gasteiger partial charge in [-0.2, -0.15) is 0 Å². The molecule has 5 aromatic heterocycles. The molecule has 0 unspecified atom stereocenters. The maximum absolute atomic E-state index is 7.15. The zero-order valence-corrected chi connectivity index (χ0v) is 51.6. The number of hydrogen-bond donors (Lipinski definition) is 0. The van der Waals surface area contributed by atoms with Gasteiger partial charge in [-0.25, -0.2) is 0 Å². The quantitative estimate of drug-likeness (QED) is 0.149. The third kappa shape index (κ3) is 8.70. The van der Waals surface area contributed by atoms with Crippen LogP contribution in [-0.2, 0) is 41.0 Å². The Morgan fingerprint density at radius 3 is 1.66 bits per heavy atom. The predicted molar refractivity (Wildman–Crippen MR) is 342 cm³/mol. The van der Waals surface area contributed by atoms with Gasteiger partial charge in [-0.15, -0.1) is 0 Å². The van der Waals surface area contributed by atoms with Crippen LogP contribution in [0.3, 0.4) is 0 Å². The molecule has 9 aromatic carbocycles. The minimum absolute atomic E-state index is 0.0596. The van der Waals surface area contributed by atoms with Crippen molar-refractivity contribution < 1.29 is 24.1 Å². The molecular formula is C76H67N5OPt-2. The van der Waals surface area contributed by atoms with E-state index in [-0.39, 0.29) is 21.7 Å². The molecule has 14 rings (SSSR count). The van der Waals surface area contributed by atoms with Gasteiger partial charge >= 0.3 is 371 Å². The average molecular weight is 1260 g/mol. The van der Waals surface area contributed by atoms with Crippen LogP contribution in [0.2, 0.25) is 0 Å². The standard InChI is InChI=1S/C76H67N5O.Pt/c1-73(2,3)49-34-35-77-70(41-49)80-67-43-54(32-33-59(67)62-44-63-61-28-21-27-60-58-24-16-17-29-64(58)81(72(60)61)69(63)45-68(62)80)82-55-40-52(76(10,11)12)39-53(42-55)78-46-79(66-31-19-18-30-65(66)78)71-56(47-22-14-13-15-23-47)25-20-26-57(71)48-36-50(74(4,5)6)38-51(37-48)75(7,8)9;/h13-41,44-45H,1-12H3;/q-2;. The molecule has 0 spiro atoms. The molecule has 0 fully saturated rings. The Morgan fingerprint density at radius 1 is 0.398 bits per heavy atom. The van der Waals surface area contributed by atoms with Gasteiger partial charge in [-0.3, -0.25) is 0 Å². The molecule has 83 heavy (non-hydrogen) atoms. The number of pyridine rings is 1. The summed E-state index contributed by atoms with van der Waals surface area (Å²) >= 11 is 2.55. The predicted octanol–water partition coefficient (Wildman–Crippen LogP) is 20.1. The first-order valence-electron chi connectivity index (χ1n) is 28.9. The summed E-state index contributed by atoms with van der Waals surface area (Å²) in [5.74, 6) is 2.04. The zero-order valence-electron chi connectivity index (χ0n) is 49.4. The van der Waals surface area contributed by atoms with Crippen LogP contribution < -0.4 is 4.74 Å². The Labute approximate surface area is 497 Å². The van der Waals surface area contributed by atoms with E-state index < -0.39 is 0 Å². The van der Waals surface area contributed by atoms with E-state index in [0.717, 1.165) is 76.0 Å². The Kier molecular flexibility index (Phi) is 12.0. The topological polar surface area (TPSA) is 41.3 Å². The fourth-order valence-corrected chi connectivity index (χ4v) is 13.5. The Hall–Kier alpha value is -8.31. The molecule has 0 amide bonds. The molecule has 0 radical (unpaired) electrons. The molecule has 6 nitrogen and oxygen atoms in total. The first-order valence-corrected chi connectivity index (χ1v) is 30.1. The van der Waals surface area contributed by atoms with Crippen LogP contribution in [0.4, 0.5) is 0 Å². The van der Waals surface area contributed by atoms with Crippen LogP contribution in [-0.4, -0.2) is 23.1 Å². The van der Waals surface area contributed by atoms with Crippen molar-refractivity contribution in [1.29, 1.82) is 0 Å². The molecule has 0 aliphatic heterocycles. The van der Waals surface area contributed by atoms with E-state index in [1.165, 1.54) is 60.4 Å². The van der Waals surface area contributed by atoms with Gasteiger partial charge in [0.05, 0.1) is 16.6 Å². The van der Waals surface area contributed by atoms with Gasteiger partial charge in [-0.1, -0.05) is 57.2 Å². The van der Waals surface area contributed by atoms with Crippen LogP contribution in [0.25, 0.3) is 110 Å². The third-order valence-electron chi connectivity index (χ3n) is 17.0. The number of fused-ring (bicyclic) bond motifs is 10. The number of aromatic nitrogens is 5. The van der Waals surface area contributed by atoms with Crippen molar-refractivity contribution in [2.24, 2.45) is 0 Å². The van der Waals surface area contributed by atoms with Gasteiger partial charge in [-0.05, 0) is 23.1 Å². The second kappa shape index (κ2) is 18.9. The van der Waals surface area contributed by atoms with Gasteiger partial charge in [0.1, 0.15) is 0 Å². The average Bonchev–Trinajstić information content (AvgIpc) is 1.65. The molecule has 0 saturated carbocycles. The summed E-state index contributed by atoms with van der Waals surface area (Å²) in [7, 11) is 0. The molecule has 0 N–H and O–H groups in total. The molecule has 0 saturated heterocycles. The van der Waals surface area contributed by atoms with Crippen molar-refractivity contribution in [3.05, 3.63) is 226 Å². The van der Waals surface area contributed by atoms with E-state index in [4.69, 9.17) is 9.72 Å². The summed E-state index contributed by atoms with van der Waals surface area (Å²) < 4.78 is 17.7. The van der Waals surface area contributed by atoms with Gasteiger partial charge in [0.25, 0.3) is 0 Å². The molecule has 5 heterocycles. The molecule has 0 aliphatic carbocycles. The van der Waals surface area contributed by atoms with Gasteiger partial charge in [0.2, 0.25) is 0 Å². The summed E-state index contributed by atoms with van der Waals surface area (Å²) in [6.07, 6.45) is 1.94. The molecule has 414 valence electrons. The van der Waals surface area contributed by atoms with Crippen LogP contribution in [0.1, 0.15) is 105 Å². The Bertz CT molecular complexity index is 4970. The number of hydrogen-bond acceptors (Lipinski definition) is 2. The number of rotatable bonds is 7. The van der Waals surface area contributed by atoms with Crippen molar-refractivity contribution in [2.75, 3.05) is 0 Å². The summed E-state index contributed by atoms with van der Waals surface area (Å²) in [4.78, 5) is 5.12. The van der Waals surface area contributed by atoms with Crippen LogP contribution in [0, 0.1) is 15.9 Å². The third-order valence-corrected chi connectivity index (χ3v) is 18.0. The fraction of sp³-hybridized carbons (Fsp3) is 0.211. The number of nitrogens with zero attached hydrogens (tertiary/aromatic N) is 5. The molecule has 0 bridgehead atoms. The van der Waals surface area contributed by atoms with E-state index in [1.807, 2.05) is 6.20 Å². The number of ether oxygens (including phenoxy) is 1. The maximum atomic E-state index is 7.15. The molecule has 0 atom stereocenters. The number of para-hydroxylation sites is 5. The molecule has 7 heteroatoms. The molecule has 0 aliphatic rings. The van der Waals surface area contributed by atoms with Gasteiger partial charge < -0.3 is 4.40 Å². The number of imidazole rings is 1. The van der Waals surface area contributed by atoms with Crippen molar-refractivity contribution in [2.45, 2.75) is 105 Å². The van der Waals surface area contributed by atoms with E-state index >= 15 is 0 Å².